The van der Waals surface area contributed by atoms with Crippen LogP contribution in [0.2, 0.25) is 0 Å². The third kappa shape index (κ3) is 2.95. The summed E-state index contributed by atoms with van der Waals surface area (Å²) in [6.07, 6.45) is 0.573. The van der Waals surface area contributed by atoms with Crippen LogP contribution >= 0.6 is 11.3 Å². The van der Waals surface area contributed by atoms with Gasteiger partial charge in [0.2, 0.25) is 0 Å². The van der Waals surface area contributed by atoms with Crippen LogP contribution in [0.5, 0.6) is 0 Å². The number of nitrogens with one attached hydrogen (secondary N) is 1. The molecule has 2 aromatic carbocycles. The molecule has 0 radical (unpaired) electrons. The van der Waals surface area contributed by atoms with E-state index in [1.165, 1.54) is 16.8 Å². The standard InChI is InChI=1S/C16H14F2N2S/c17-12-5-10(6-13(18)8-12)15(20-19)7-11-9-21-16-4-2-1-3-14(11)16/h1-6,8-9,15,20H,7,19H2. The van der Waals surface area contributed by atoms with Gasteiger partial charge in [-0.25, -0.2) is 8.78 Å². The molecule has 1 aromatic heterocycles. The minimum absolute atomic E-state index is 0.340. The van der Waals surface area contributed by atoms with Crippen molar-refractivity contribution < 1.29 is 8.78 Å². The summed E-state index contributed by atoms with van der Waals surface area (Å²) in [6, 6.07) is 11.2. The molecule has 0 aliphatic rings. The van der Waals surface area contributed by atoms with Crippen LogP contribution in [0, 0.1) is 11.6 Å². The lowest BCUT2D eigenvalue weighted by Crippen LogP contribution is -2.29. The normalized spacial score (nSPS) is 12.7. The molecule has 5 heteroatoms. The number of benzene rings is 2. The van der Waals surface area contributed by atoms with Crippen LogP contribution in [0.3, 0.4) is 0 Å². The molecule has 0 bridgehead atoms. The van der Waals surface area contributed by atoms with Crippen LogP contribution in [0.1, 0.15) is 17.2 Å². The lowest BCUT2D eigenvalue weighted by molar-refractivity contribution is 0.531. The predicted molar refractivity (Wildman–Crippen MR) is 82.0 cm³/mol. The molecule has 0 aliphatic carbocycles. The second-order valence-corrected chi connectivity index (χ2v) is 5.79. The summed E-state index contributed by atoms with van der Waals surface area (Å²) in [4.78, 5) is 0. The number of hydrazine groups is 1. The summed E-state index contributed by atoms with van der Waals surface area (Å²) in [5.41, 5.74) is 4.27. The Bertz CT molecular complexity index is 750. The number of hydrogen-bond donors (Lipinski definition) is 2. The molecule has 0 amide bonds. The van der Waals surface area contributed by atoms with E-state index >= 15 is 0 Å². The second kappa shape index (κ2) is 5.89. The van der Waals surface area contributed by atoms with Crippen molar-refractivity contribution in [2.24, 2.45) is 5.84 Å². The second-order valence-electron chi connectivity index (χ2n) is 4.88. The molecule has 1 unspecified atom stereocenters. The van der Waals surface area contributed by atoms with Crippen LogP contribution in [0.4, 0.5) is 8.78 Å². The number of hydrogen-bond acceptors (Lipinski definition) is 3. The number of fused-ring (bicyclic) bond motifs is 1. The van der Waals surface area contributed by atoms with Crippen LogP contribution in [-0.4, -0.2) is 0 Å². The van der Waals surface area contributed by atoms with Gasteiger partial charge in [-0.1, -0.05) is 18.2 Å². The fraction of sp³-hybridized carbons (Fsp3) is 0.125. The number of thiophene rings is 1. The van der Waals surface area contributed by atoms with Gasteiger partial charge in [0, 0.05) is 10.8 Å². The van der Waals surface area contributed by atoms with Crippen molar-refractivity contribution in [1.29, 1.82) is 0 Å². The summed E-state index contributed by atoms with van der Waals surface area (Å²) < 4.78 is 27.9. The molecular weight excluding hydrogens is 290 g/mol. The van der Waals surface area contributed by atoms with Gasteiger partial charge in [-0.3, -0.25) is 11.3 Å². The maximum absolute atomic E-state index is 13.3. The Morgan fingerprint density at radius 1 is 1.10 bits per heavy atom. The lowest BCUT2D eigenvalue weighted by Gasteiger charge is -2.16. The fourth-order valence-corrected chi connectivity index (χ4v) is 3.44. The van der Waals surface area contributed by atoms with Gasteiger partial charge in [-0.05, 0) is 46.5 Å². The van der Waals surface area contributed by atoms with Crippen molar-refractivity contribution in [3.05, 3.63) is 70.6 Å². The van der Waals surface area contributed by atoms with Gasteiger partial charge in [0.15, 0.2) is 0 Å². The summed E-state index contributed by atoms with van der Waals surface area (Å²) in [7, 11) is 0. The van der Waals surface area contributed by atoms with E-state index in [9.17, 15) is 8.78 Å². The summed E-state index contributed by atoms with van der Waals surface area (Å²) >= 11 is 1.65. The first-order valence-corrected chi connectivity index (χ1v) is 7.42. The zero-order valence-corrected chi connectivity index (χ0v) is 12.0. The average Bonchev–Trinajstić information content (AvgIpc) is 2.87. The third-order valence-electron chi connectivity index (χ3n) is 3.47. The van der Waals surface area contributed by atoms with Crippen molar-refractivity contribution in [2.75, 3.05) is 0 Å². The Balaban J connectivity index is 1.94. The van der Waals surface area contributed by atoms with Gasteiger partial charge >= 0.3 is 0 Å². The fourth-order valence-electron chi connectivity index (χ4n) is 2.46. The highest BCUT2D eigenvalue weighted by atomic mass is 32.1. The molecule has 1 atom stereocenters. The molecule has 0 saturated heterocycles. The molecule has 2 nitrogen and oxygen atoms in total. The number of rotatable bonds is 4. The molecule has 3 rings (SSSR count). The predicted octanol–water partition coefficient (Wildman–Crippen LogP) is 3.93. The number of nitrogens with two attached hydrogens (primary N) is 1. The molecule has 3 aromatic rings. The highest BCUT2D eigenvalue weighted by molar-refractivity contribution is 7.17. The SMILES string of the molecule is NNC(Cc1csc2ccccc12)c1cc(F)cc(F)c1. The smallest absolute Gasteiger partial charge is 0.126 e. The van der Waals surface area contributed by atoms with Gasteiger partial charge in [0.1, 0.15) is 11.6 Å². The van der Waals surface area contributed by atoms with Crippen molar-refractivity contribution in [2.45, 2.75) is 12.5 Å². The lowest BCUT2D eigenvalue weighted by atomic mass is 9.99. The van der Waals surface area contributed by atoms with Crippen LogP contribution in [0.25, 0.3) is 10.1 Å². The van der Waals surface area contributed by atoms with E-state index in [0.717, 1.165) is 17.0 Å². The quantitative estimate of drug-likeness (QED) is 0.566. The molecule has 0 saturated carbocycles. The molecular formula is C16H14F2N2S. The van der Waals surface area contributed by atoms with Gasteiger partial charge in [-0.15, -0.1) is 11.3 Å². The Morgan fingerprint density at radius 2 is 1.81 bits per heavy atom. The van der Waals surface area contributed by atoms with Crippen LogP contribution < -0.4 is 11.3 Å². The maximum atomic E-state index is 13.3. The van der Waals surface area contributed by atoms with Crippen molar-refractivity contribution in [3.8, 4) is 0 Å². The Kier molecular flexibility index (Phi) is 3.96. The van der Waals surface area contributed by atoms with Gasteiger partial charge in [-0.2, -0.15) is 0 Å². The molecule has 21 heavy (non-hydrogen) atoms. The minimum atomic E-state index is -0.597. The van der Waals surface area contributed by atoms with Gasteiger partial charge in [0.25, 0.3) is 0 Å². The zero-order valence-electron chi connectivity index (χ0n) is 11.1. The molecule has 0 fully saturated rings. The van der Waals surface area contributed by atoms with E-state index in [2.05, 4.69) is 16.9 Å². The monoisotopic (exact) mass is 304 g/mol. The Hall–Kier alpha value is -1.82. The summed E-state index contributed by atoms with van der Waals surface area (Å²) in [6.45, 7) is 0. The van der Waals surface area contributed by atoms with E-state index in [0.29, 0.717) is 12.0 Å². The van der Waals surface area contributed by atoms with Crippen LogP contribution in [0.15, 0.2) is 47.8 Å². The third-order valence-corrected chi connectivity index (χ3v) is 4.49. The van der Waals surface area contributed by atoms with Gasteiger partial charge in [0.05, 0.1) is 6.04 Å². The molecule has 0 spiro atoms. The largest absolute Gasteiger partial charge is 0.271 e. The van der Waals surface area contributed by atoms with Gasteiger partial charge < -0.3 is 0 Å². The Labute approximate surface area is 125 Å². The maximum Gasteiger partial charge on any atom is 0.126 e. The zero-order chi connectivity index (χ0) is 14.8. The van der Waals surface area contributed by atoms with Crippen molar-refractivity contribution >= 4 is 21.4 Å². The first kappa shape index (κ1) is 14.1. The number of halogens is 2. The molecule has 3 N–H and O–H groups in total. The summed E-state index contributed by atoms with van der Waals surface area (Å²) in [5, 5.41) is 3.21. The van der Waals surface area contributed by atoms with E-state index in [1.807, 2.05) is 18.2 Å². The molecule has 1 heterocycles. The molecule has 0 aliphatic heterocycles. The van der Waals surface area contributed by atoms with E-state index < -0.39 is 11.6 Å². The highest BCUT2D eigenvalue weighted by Gasteiger charge is 2.15. The van der Waals surface area contributed by atoms with E-state index in [1.54, 1.807) is 11.3 Å². The van der Waals surface area contributed by atoms with Crippen molar-refractivity contribution in [1.82, 2.24) is 5.43 Å². The highest BCUT2D eigenvalue weighted by Crippen LogP contribution is 2.29. The first-order chi connectivity index (χ1) is 10.2. The molecule has 108 valence electrons. The van der Waals surface area contributed by atoms with E-state index in [4.69, 9.17) is 5.84 Å². The topological polar surface area (TPSA) is 38.0 Å². The van der Waals surface area contributed by atoms with Crippen molar-refractivity contribution in [3.63, 3.8) is 0 Å². The average molecular weight is 304 g/mol. The van der Waals surface area contributed by atoms with E-state index in [-0.39, 0.29) is 6.04 Å². The minimum Gasteiger partial charge on any atom is -0.271 e. The van der Waals surface area contributed by atoms with Crippen LogP contribution in [-0.2, 0) is 6.42 Å². The first-order valence-electron chi connectivity index (χ1n) is 6.54. The summed E-state index contributed by atoms with van der Waals surface area (Å²) in [5.74, 6) is 4.38. The Morgan fingerprint density at radius 3 is 2.52 bits per heavy atom.